The molecule has 3 unspecified atom stereocenters. The van der Waals surface area contributed by atoms with Gasteiger partial charge in [0, 0.05) is 6.04 Å². The minimum absolute atomic E-state index is 0.401. The Kier molecular flexibility index (Phi) is 5.12. The average molecular weight is 237 g/mol. The van der Waals surface area contributed by atoms with Gasteiger partial charge >= 0.3 is 5.97 Å². The molecule has 4 heteroatoms. The predicted molar refractivity (Wildman–Crippen MR) is 65.5 cm³/mol. The number of hydrogen-bond acceptors (Lipinski definition) is 3. The van der Waals surface area contributed by atoms with Gasteiger partial charge in [0.1, 0.15) is 0 Å². The molecule has 0 fully saturated rings. The first-order chi connectivity index (χ1) is 8.02. The van der Waals surface area contributed by atoms with Crippen molar-refractivity contribution in [2.75, 3.05) is 0 Å². The van der Waals surface area contributed by atoms with Crippen LogP contribution in [0.1, 0.15) is 19.4 Å². The van der Waals surface area contributed by atoms with Crippen molar-refractivity contribution < 1.29 is 14.6 Å². The third kappa shape index (κ3) is 4.17. The minimum atomic E-state index is -0.916. The summed E-state index contributed by atoms with van der Waals surface area (Å²) in [6.45, 7) is 3.82. The van der Waals surface area contributed by atoms with E-state index in [1.807, 2.05) is 30.3 Å². The first-order valence-electron chi connectivity index (χ1n) is 5.66. The molecule has 0 aliphatic rings. The van der Waals surface area contributed by atoms with Gasteiger partial charge in [-0.15, -0.1) is 0 Å². The van der Waals surface area contributed by atoms with Crippen LogP contribution in [0.3, 0.4) is 0 Å². The van der Waals surface area contributed by atoms with Crippen LogP contribution >= 0.6 is 0 Å². The molecule has 0 saturated carbocycles. The first-order valence-corrected chi connectivity index (χ1v) is 5.66. The van der Waals surface area contributed by atoms with Crippen molar-refractivity contribution in [3.63, 3.8) is 0 Å². The van der Waals surface area contributed by atoms with E-state index in [4.69, 9.17) is 15.6 Å². The van der Waals surface area contributed by atoms with E-state index in [2.05, 4.69) is 0 Å². The predicted octanol–water partition coefficient (Wildman–Crippen LogP) is 1.64. The van der Waals surface area contributed by atoms with Gasteiger partial charge in [-0.1, -0.05) is 30.3 Å². The van der Waals surface area contributed by atoms with Gasteiger partial charge in [0.05, 0.1) is 18.6 Å². The monoisotopic (exact) mass is 237 g/mol. The van der Waals surface area contributed by atoms with Crippen LogP contribution in [0, 0.1) is 5.92 Å². The number of rotatable bonds is 6. The van der Waals surface area contributed by atoms with E-state index in [0.29, 0.717) is 6.61 Å². The average Bonchev–Trinajstić information content (AvgIpc) is 2.27. The van der Waals surface area contributed by atoms with Gasteiger partial charge in [-0.2, -0.15) is 0 Å². The van der Waals surface area contributed by atoms with Crippen LogP contribution in [-0.4, -0.2) is 23.2 Å². The fourth-order valence-corrected chi connectivity index (χ4v) is 1.76. The number of aliphatic carboxylic acids is 1. The van der Waals surface area contributed by atoms with Gasteiger partial charge in [0.25, 0.3) is 0 Å². The first kappa shape index (κ1) is 13.7. The molecule has 0 bridgehead atoms. The van der Waals surface area contributed by atoms with Crippen molar-refractivity contribution in [3.8, 4) is 0 Å². The maximum absolute atomic E-state index is 11.0. The lowest BCUT2D eigenvalue weighted by Gasteiger charge is -2.23. The number of carboxylic acid groups (broad SMARTS) is 1. The molecule has 0 spiro atoms. The Labute approximate surface area is 101 Å². The highest BCUT2D eigenvalue weighted by molar-refractivity contribution is 5.71. The quantitative estimate of drug-likeness (QED) is 0.789. The zero-order valence-corrected chi connectivity index (χ0v) is 10.2. The number of carboxylic acids is 1. The van der Waals surface area contributed by atoms with Crippen molar-refractivity contribution >= 4 is 5.97 Å². The molecule has 94 valence electrons. The number of benzene rings is 1. The van der Waals surface area contributed by atoms with Crippen molar-refractivity contribution in [2.24, 2.45) is 11.7 Å². The zero-order valence-electron chi connectivity index (χ0n) is 10.2. The van der Waals surface area contributed by atoms with E-state index >= 15 is 0 Å². The van der Waals surface area contributed by atoms with E-state index in [0.717, 1.165) is 5.56 Å². The number of carbonyl (C=O) groups is 1. The molecular formula is C13H19NO3. The Morgan fingerprint density at radius 1 is 1.35 bits per heavy atom. The second kappa shape index (κ2) is 6.37. The summed E-state index contributed by atoms with van der Waals surface area (Å²) in [7, 11) is 0. The van der Waals surface area contributed by atoms with Crippen LogP contribution < -0.4 is 5.73 Å². The number of nitrogens with two attached hydrogens (primary N) is 1. The summed E-state index contributed by atoms with van der Waals surface area (Å²) in [5, 5.41) is 9.05. The normalized spacial score (nSPS) is 16.2. The maximum Gasteiger partial charge on any atom is 0.310 e. The molecule has 3 N–H and O–H groups in total. The van der Waals surface area contributed by atoms with E-state index in [-0.39, 0.29) is 0 Å². The summed E-state index contributed by atoms with van der Waals surface area (Å²) in [5.74, 6) is -1.60. The van der Waals surface area contributed by atoms with Crippen LogP contribution in [0.25, 0.3) is 0 Å². The molecule has 1 rings (SSSR count). The van der Waals surface area contributed by atoms with Crippen LogP contribution in [0.2, 0.25) is 0 Å². The highest BCUT2D eigenvalue weighted by Gasteiger charge is 2.28. The van der Waals surface area contributed by atoms with Crippen molar-refractivity contribution in [2.45, 2.75) is 32.6 Å². The summed E-state index contributed by atoms with van der Waals surface area (Å²) in [4.78, 5) is 11.0. The number of hydrogen-bond donors (Lipinski definition) is 2. The fraction of sp³-hybridized carbons (Fsp3) is 0.462. The Bertz CT molecular complexity index is 351. The standard InChI is InChI=1S/C13H19NO3/c1-9(14)12(13(15)16)10(2)17-8-11-6-4-3-5-7-11/h3-7,9-10,12H,8,14H2,1-2H3,(H,15,16). The van der Waals surface area contributed by atoms with Crippen molar-refractivity contribution in [3.05, 3.63) is 35.9 Å². The Hall–Kier alpha value is -1.39. The van der Waals surface area contributed by atoms with E-state index in [1.54, 1.807) is 13.8 Å². The van der Waals surface area contributed by atoms with Gasteiger partial charge in [-0.3, -0.25) is 4.79 Å². The molecule has 0 saturated heterocycles. The molecule has 4 nitrogen and oxygen atoms in total. The summed E-state index contributed by atoms with van der Waals surface area (Å²) in [5.41, 5.74) is 6.67. The van der Waals surface area contributed by atoms with Crippen LogP contribution in [0.5, 0.6) is 0 Å². The Morgan fingerprint density at radius 3 is 2.41 bits per heavy atom. The molecule has 0 heterocycles. The van der Waals surface area contributed by atoms with Gasteiger partial charge in [0.15, 0.2) is 0 Å². The highest BCUT2D eigenvalue weighted by atomic mass is 16.5. The molecule has 1 aromatic rings. The van der Waals surface area contributed by atoms with Crippen LogP contribution in [0.4, 0.5) is 0 Å². The minimum Gasteiger partial charge on any atom is -0.481 e. The molecule has 0 aliphatic heterocycles. The Balaban J connectivity index is 2.53. The van der Waals surface area contributed by atoms with Gasteiger partial charge in [-0.25, -0.2) is 0 Å². The largest absolute Gasteiger partial charge is 0.481 e. The topological polar surface area (TPSA) is 72.6 Å². The van der Waals surface area contributed by atoms with Crippen LogP contribution in [0.15, 0.2) is 30.3 Å². The molecule has 1 aromatic carbocycles. The molecule has 0 amide bonds. The van der Waals surface area contributed by atoms with Gasteiger partial charge in [-0.05, 0) is 19.4 Å². The van der Waals surface area contributed by atoms with Gasteiger partial charge in [0.2, 0.25) is 0 Å². The SMILES string of the molecule is CC(N)C(C(=O)O)C(C)OCc1ccccc1. The summed E-state index contributed by atoms with van der Waals surface area (Å²) >= 11 is 0. The molecule has 0 aliphatic carbocycles. The zero-order chi connectivity index (χ0) is 12.8. The molecule has 17 heavy (non-hydrogen) atoms. The van der Waals surface area contributed by atoms with E-state index in [1.165, 1.54) is 0 Å². The molecular weight excluding hydrogens is 218 g/mol. The lowest BCUT2D eigenvalue weighted by molar-refractivity contribution is -0.148. The van der Waals surface area contributed by atoms with Crippen molar-refractivity contribution in [1.82, 2.24) is 0 Å². The molecule has 3 atom stereocenters. The van der Waals surface area contributed by atoms with Crippen molar-refractivity contribution in [1.29, 1.82) is 0 Å². The fourth-order valence-electron chi connectivity index (χ4n) is 1.76. The smallest absolute Gasteiger partial charge is 0.310 e. The maximum atomic E-state index is 11.0. The third-order valence-electron chi connectivity index (χ3n) is 2.71. The lowest BCUT2D eigenvalue weighted by atomic mass is 9.96. The summed E-state index contributed by atoms with van der Waals surface area (Å²) in [6.07, 6.45) is -0.410. The number of ether oxygens (including phenoxy) is 1. The molecule has 0 aromatic heterocycles. The summed E-state index contributed by atoms with van der Waals surface area (Å²) < 4.78 is 5.55. The van der Waals surface area contributed by atoms with E-state index < -0.39 is 24.0 Å². The second-order valence-corrected chi connectivity index (χ2v) is 4.22. The van der Waals surface area contributed by atoms with Gasteiger partial charge < -0.3 is 15.6 Å². The Morgan fingerprint density at radius 2 is 1.94 bits per heavy atom. The highest BCUT2D eigenvalue weighted by Crippen LogP contribution is 2.14. The second-order valence-electron chi connectivity index (χ2n) is 4.22. The third-order valence-corrected chi connectivity index (χ3v) is 2.71. The summed E-state index contributed by atoms with van der Waals surface area (Å²) in [6, 6.07) is 9.21. The lowest BCUT2D eigenvalue weighted by Crippen LogP contribution is -2.41. The van der Waals surface area contributed by atoms with Crippen LogP contribution in [-0.2, 0) is 16.1 Å². The van der Waals surface area contributed by atoms with E-state index in [9.17, 15) is 4.79 Å². The molecule has 0 radical (unpaired) electrons.